The van der Waals surface area contributed by atoms with Crippen molar-refractivity contribution >= 4 is 17.5 Å². The summed E-state index contributed by atoms with van der Waals surface area (Å²) < 4.78 is 5.21. The first-order valence-electron chi connectivity index (χ1n) is 8.73. The summed E-state index contributed by atoms with van der Waals surface area (Å²) in [6.45, 7) is 5.13. The van der Waals surface area contributed by atoms with E-state index in [1.807, 2.05) is 60.7 Å². The normalized spacial score (nSPS) is 10.6. The van der Waals surface area contributed by atoms with Crippen molar-refractivity contribution in [2.24, 2.45) is 5.92 Å². The molecule has 2 N–H and O–H groups in total. The predicted molar refractivity (Wildman–Crippen MR) is 107 cm³/mol. The third-order valence-corrected chi connectivity index (χ3v) is 3.83. The van der Waals surface area contributed by atoms with E-state index in [2.05, 4.69) is 34.4 Å². The monoisotopic (exact) mass is 348 g/mol. The summed E-state index contributed by atoms with van der Waals surface area (Å²) >= 11 is 0. The quantitative estimate of drug-likeness (QED) is 0.632. The lowest BCUT2D eigenvalue weighted by Gasteiger charge is -2.13. The van der Waals surface area contributed by atoms with Crippen molar-refractivity contribution in [3.05, 3.63) is 60.7 Å². The zero-order chi connectivity index (χ0) is 18.4. The summed E-state index contributed by atoms with van der Waals surface area (Å²) in [5.41, 5.74) is 2.88. The molecule has 0 atom stereocenters. The minimum absolute atomic E-state index is 0.511. The third kappa shape index (κ3) is 4.72. The minimum Gasteiger partial charge on any atom is -0.497 e. The number of rotatable bonds is 7. The van der Waals surface area contributed by atoms with E-state index >= 15 is 0 Å². The number of aromatic nitrogens is 2. The van der Waals surface area contributed by atoms with Crippen LogP contribution in [0.15, 0.2) is 60.7 Å². The standard InChI is InChI=1S/C21H24N4O/c1-15(2)14-22-21-24-19(16-7-5-4-6-8-16)13-20(25-21)23-17-9-11-18(26-3)12-10-17/h4-13,15H,14H2,1-3H3,(H2,22,23,24,25). The molecule has 0 saturated heterocycles. The van der Waals surface area contributed by atoms with Crippen LogP contribution < -0.4 is 15.4 Å². The third-order valence-electron chi connectivity index (χ3n) is 3.83. The minimum atomic E-state index is 0.511. The molecule has 0 aliphatic heterocycles. The molecule has 5 heteroatoms. The van der Waals surface area contributed by atoms with E-state index in [-0.39, 0.29) is 0 Å². The van der Waals surface area contributed by atoms with Gasteiger partial charge in [-0.15, -0.1) is 0 Å². The highest BCUT2D eigenvalue weighted by Gasteiger charge is 2.08. The second-order valence-electron chi connectivity index (χ2n) is 6.46. The van der Waals surface area contributed by atoms with Gasteiger partial charge in [0.15, 0.2) is 0 Å². The van der Waals surface area contributed by atoms with Gasteiger partial charge in [-0.2, -0.15) is 4.98 Å². The molecule has 5 nitrogen and oxygen atoms in total. The van der Waals surface area contributed by atoms with Gasteiger partial charge >= 0.3 is 0 Å². The van der Waals surface area contributed by atoms with E-state index in [4.69, 9.17) is 4.74 Å². The molecule has 3 aromatic rings. The molecule has 0 saturated carbocycles. The van der Waals surface area contributed by atoms with Gasteiger partial charge < -0.3 is 15.4 Å². The van der Waals surface area contributed by atoms with Gasteiger partial charge in [-0.1, -0.05) is 44.2 Å². The van der Waals surface area contributed by atoms with Crippen LogP contribution in [0.2, 0.25) is 0 Å². The lowest BCUT2D eigenvalue weighted by atomic mass is 10.1. The summed E-state index contributed by atoms with van der Waals surface area (Å²) in [4.78, 5) is 9.27. The van der Waals surface area contributed by atoms with Crippen LogP contribution in [0.3, 0.4) is 0 Å². The summed E-state index contributed by atoms with van der Waals surface area (Å²) in [6.07, 6.45) is 0. The van der Waals surface area contributed by atoms with Crippen LogP contribution in [0, 0.1) is 5.92 Å². The highest BCUT2D eigenvalue weighted by molar-refractivity contribution is 5.67. The van der Waals surface area contributed by atoms with Crippen molar-refractivity contribution in [1.29, 1.82) is 0 Å². The highest BCUT2D eigenvalue weighted by atomic mass is 16.5. The van der Waals surface area contributed by atoms with Gasteiger partial charge in [-0.05, 0) is 30.2 Å². The molecule has 26 heavy (non-hydrogen) atoms. The summed E-state index contributed by atoms with van der Waals surface area (Å²) in [7, 11) is 1.66. The molecule has 0 radical (unpaired) electrons. The van der Waals surface area contributed by atoms with Gasteiger partial charge in [-0.25, -0.2) is 4.98 Å². The fraction of sp³-hybridized carbons (Fsp3) is 0.238. The van der Waals surface area contributed by atoms with Crippen molar-refractivity contribution in [3.63, 3.8) is 0 Å². The SMILES string of the molecule is COc1ccc(Nc2cc(-c3ccccc3)nc(NCC(C)C)n2)cc1. The first-order valence-corrected chi connectivity index (χ1v) is 8.73. The number of nitrogens with zero attached hydrogens (tertiary/aromatic N) is 2. The fourth-order valence-electron chi connectivity index (χ4n) is 2.46. The van der Waals surface area contributed by atoms with Crippen molar-refractivity contribution in [3.8, 4) is 17.0 Å². The number of hydrogen-bond donors (Lipinski definition) is 2. The van der Waals surface area contributed by atoms with Crippen molar-refractivity contribution < 1.29 is 4.74 Å². The van der Waals surface area contributed by atoms with Crippen molar-refractivity contribution in [2.75, 3.05) is 24.3 Å². The second kappa shape index (κ2) is 8.34. The average molecular weight is 348 g/mol. The van der Waals surface area contributed by atoms with Crippen molar-refractivity contribution in [1.82, 2.24) is 9.97 Å². The molecule has 0 amide bonds. The first-order chi connectivity index (χ1) is 12.6. The van der Waals surface area contributed by atoms with Crippen LogP contribution in [0.1, 0.15) is 13.8 Å². The van der Waals surface area contributed by atoms with E-state index in [0.29, 0.717) is 11.9 Å². The Kier molecular flexibility index (Phi) is 5.69. The molecule has 0 aliphatic carbocycles. The lowest BCUT2D eigenvalue weighted by Crippen LogP contribution is -2.11. The molecule has 0 fully saturated rings. The van der Waals surface area contributed by atoms with Gasteiger partial charge in [-0.3, -0.25) is 0 Å². The summed E-state index contributed by atoms with van der Waals surface area (Å²) in [5, 5.41) is 6.66. The van der Waals surface area contributed by atoms with Gasteiger partial charge in [0.05, 0.1) is 12.8 Å². The Hall–Kier alpha value is -3.08. The van der Waals surface area contributed by atoms with E-state index in [9.17, 15) is 0 Å². The molecule has 134 valence electrons. The van der Waals surface area contributed by atoms with Crippen LogP contribution in [0.5, 0.6) is 5.75 Å². The van der Waals surface area contributed by atoms with Crippen molar-refractivity contribution in [2.45, 2.75) is 13.8 Å². The molecular formula is C21H24N4O. The Labute approximate surface area is 154 Å². The van der Waals surface area contributed by atoms with E-state index < -0.39 is 0 Å². The zero-order valence-corrected chi connectivity index (χ0v) is 15.4. The topological polar surface area (TPSA) is 59.1 Å². The number of methoxy groups -OCH3 is 1. The van der Waals surface area contributed by atoms with E-state index in [0.717, 1.165) is 35.1 Å². The predicted octanol–water partition coefficient (Wildman–Crippen LogP) is 4.96. The Morgan fingerprint density at radius 1 is 0.962 bits per heavy atom. The molecule has 2 aromatic carbocycles. The number of benzene rings is 2. The zero-order valence-electron chi connectivity index (χ0n) is 15.4. The van der Waals surface area contributed by atoms with Crippen LogP contribution in [0.25, 0.3) is 11.3 Å². The Bertz CT molecular complexity index is 832. The summed E-state index contributed by atoms with van der Waals surface area (Å²) in [6, 6.07) is 19.8. The van der Waals surface area contributed by atoms with E-state index in [1.54, 1.807) is 7.11 Å². The Balaban J connectivity index is 1.90. The first kappa shape index (κ1) is 17.7. The lowest BCUT2D eigenvalue weighted by molar-refractivity contribution is 0.415. The molecular weight excluding hydrogens is 324 g/mol. The second-order valence-corrected chi connectivity index (χ2v) is 6.46. The van der Waals surface area contributed by atoms with Gasteiger partial charge in [0.2, 0.25) is 5.95 Å². The maximum absolute atomic E-state index is 5.21. The number of anilines is 3. The Morgan fingerprint density at radius 2 is 1.69 bits per heavy atom. The smallest absolute Gasteiger partial charge is 0.225 e. The number of hydrogen-bond acceptors (Lipinski definition) is 5. The number of nitrogens with one attached hydrogen (secondary N) is 2. The van der Waals surface area contributed by atoms with Gasteiger partial charge in [0, 0.05) is 23.9 Å². The molecule has 0 spiro atoms. The maximum atomic E-state index is 5.21. The van der Waals surface area contributed by atoms with Gasteiger partial charge in [0.1, 0.15) is 11.6 Å². The molecule has 1 heterocycles. The molecule has 0 unspecified atom stereocenters. The van der Waals surface area contributed by atoms with Crippen LogP contribution in [0.4, 0.5) is 17.5 Å². The highest BCUT2D eigenvalue weighted by Crippen LogP contribution is 2.24. The summed E-state index contributed by atoms with van der Waals surface area (Å²) in [5.74, 6) is 2.70. The maximum Gasteiger partial charge on any atom is 0.225 e. The number of ether oxygens (including phenoxy) is 1. The fourth-order valence-corrected chi connectivity index (χ4v) is 2.46. The van der Waals surface area contributed by atoms with E-state index in [1.165, 1.54) is 0 Å². The largest absolute Gasteiger partial charge is 0.497 e. The molecule has 3 rings (SSSR count). The molecule has 0 aliphatic rings. The molecule has 0 bridgehead atoms. The van der Waals surface area contributed by atoms with Crippen LogP contribution >= 0.6 is 0 Å². The van der Waals surface area contributed by atoms with Crippen LogP contribution in [-0.4, -0.2) is 23.6 Å². The Morgan fingerprint density at radius 3 is 2.35 bits per heavy atom. The van der Waals surface area contributed by atoms with Crippen LogP contribution in [-0.2, 0) is 0 Å². The van der Waals surface area contributed by atoms with Gasteiger partial charge in [0.25, 0.3) is 0 Å². The average Bonchev–Trinajstić information content (AvgIpc) is 2.67. The molecule has 1 aromatic heterocycles.